The molecule has 2 aliphatic rings. The first-order chi connectivity index (χ1) is 7.34. The van der Waals surface area contributed by atoms with E-state index in [0.717, 1.165) is 12.5 Å². The van der Waals surface area contributed by atoms with Crippen LogP contribution in [0.4, 0.5) is 0 Å². The van der Waals surface area contributed by atoms with Gasteiger partial charge in [0.2, 0.25) is 5.91 Å². The molecule has 0 radical (unpaired) electrons. The number of hydrogen-bond acceptors (Lipinski definition) is 4. The van der Waals surface area contributed by atoms with Crippen molar-refractivity contribution in [2.75, 3.05) is 6.54 Å². The van der Waals surface area contributed by atoms with Crippen LogP contribution in [0, 0.1) is 5.92 Å². The van der Waals surface area contributed by atoms with E-state index >= 15 is 0 Å². The van der Waals surface area contributed by atoms with Gasteiger partial charge in [-0.1, -0.05) is 6.42 Å². The highest BCUT2D eigenvalue weighted by Crippen LogP contribution is 2.38. The maximum absolute atomic E-state index is 11.8. The summed E-state index contributed by atoms with van der Waals surface area (Å²) in [7, 11) is 0. The van der Waals surface area contributed by atoms with Gasteiger partial charge in [0, 0.05) is 12.6 Å². The summed E-state index contributed by atoms with van der Waals surface area (Å²) in [6, 6.07) is 0.508. The van der Waals surface area contributed by atoms with Gasteiger partial charge in [0.1, 0.15) is 12.9 Å². The molecule has 15 heavy (non-hydrogen) atoms. The summed E-state index contributed by atoms with van der Waals surface area (Å²) in [5, 5.41) is 10.7. The third-order valence-corrected chi connectivity index (χ3v) is 3.46. The lowest BCUT2D eigenvalue weighted by molar-refractivity contribution is -0.143. The van der Waals surface area contributed by atoms with Crippen molar-refractivity contribution in [2.45, 2.75) is 31.8 Å². The quantitative estimate of drug-likeness (QED) is 0.667. The van der Waals surface area contributed by atoms with E-state index in [1.807, 2.05) is 4.90 Å². The maximum atomic E-state index is 11.8. The zero-order valence-corrected chi connectivity index (χ0v) is 8.41. The number of amides is 1. The molecule has 2 heterocycles. The highest BCUT2D eigenvalue weighted by molar-refractivity contribution is 5.77. The van der Waals surface area contributed by atoms with Gasteiger partial charge in [-0.05, 0) is 29.2 Å². The Labute approximate surface area is 87.2 Å². The summed E-state index contributed by atoms with van der Waals surface area (Å²) < 4.78 is 1.48. The fourth-order valence-corrected chi connectivity index (χ4v) is 2.66. The van der Waals surface area contributed by atoms with Crippen LogP contribution in [-0.2, 0) is 11.3 Å². The Kier molecular flexibility index (Phi) is 1.93. The molecule has 1 saturated heterocycles. The van der Waals surface area contributed by atoms with Crippen molar-refractivity contribution in [2.24, 2.45) is 5.92 Å². The first-order valence-corrected chi connectivity index (χ1v) is 5.35. The van der Waals surface area contributed by atoms with Gasteiger partial charge in [-0.3, -0.25) is 4.79 Å². The molecule has 3 rings (SSSR count). The van der Waals surface area contributed by atoms with Crippen LogP contribution in [0.15, 0.2) is 6.33 Å². The predicted octanol–water partition coefficient (Wildman–Crippen LogP) is -0.316. The van der Waals surface area contributed by atoms with Crippen molar-refractivity contribution >= 4 is 5.91 Å². The van der Waals surface area contributed by atoms with Crippen LogP contribution in [0.5, 0.6) is 0 Å². The number of hydrogen-bond donors (Lipinski definition) is 0. The molecule has 0 aromatic carbocycles. The molecule has 2 unspecified atom stereocenters. The smallest absolute Gasteiger partial charge is 0.244 e. The number of carbonyl (C=O) groups is 1. The van der Waals surface area contributed by atoms with Crippen molar-refractivity contribution < 1.29 is 4.79 Å². The minimum atomic E-state index is 0.144. The lowest BCUT2D eigenvalue weighted by Gasteiger charge is -2.44. The summed E-state index contributed by atoms with van der Waals surface area (Å²) in [5.41, 5.74) is 0. The number of rotatable bonds is 2. The van der Waals surface area contributed by atoms with Gasteiger partial charge in [-0.15, -0.1) is 5.10 Å². The van der Waals surface area contributed by atoms with Crippen molar-refractivity contribution in [3.63, 3.8) is 0 Å². The van der Waals surface area contributed by atoms with Gasteiger partial charge in [0.15, 0.2) is 0 Å². The van der Waals surface area contributed by atoms with Crippen LogP contribution in [0.2, 0.25) is 0 Å². The van der Waals surface area contributed by atoms with Crippen molar-refractivity contribution in [3.05, 3.63) is 6.33 Å². The molecule has 2 fully saturated rings. The SMILES string of the molecule is O=C(Cn1cnnn1)N1CC2CCCC21. The number of nitrogens with zero attached hydrogens (tertiary/aromatic N) is 5. The Bertz CT molecular complexity index is 363. The molecule has 1 saturated carbocycles. The summed E-state index contributed by atoms with van der Waals surface area (Å²) in [6.45, 7) is 1.21. The van der Waals surface area contributed by atoms with E-state index in [2.05, 4.69) is 15.5 Å². The zero-order valence-electron chi connectivity index (χ0n) is 8.41. The van der Waals surface area contributed by atoms with Crippen molar-refractivity contribution in [1.29, 1.82) is 0 Å². The fourth-order valence-electron chi connectivity index (χ4n) is 2.66. The first kappa shape index (κ1) is 8.82. The third-order valence-electron chi connectivity index (χ3n) is 3.46. The van der Waals surface area contributed by atoms with E-state index in [1.165, 1.54) is 30.3 Å². The molecule has 1 amide bonds. The molecule has 1 aliphatic heterocycles. The van der Waals surface area contributed by atoms with Crippen LogP contribution >= 0.6 is 0 Å². The summed E-state index contributed by atoms with van der Waals surface area (Å²) >= 11 is 0. The topological polar surface area (TPSA) is 63.9 Å². The van der Waals surface area contributed by atoms with Crippen LogP contribution in [0.25, 0.3) is 0 Å². The predicted molar refractivity (Wildman–Crippen MR) is 50.7 cm³/mol. The zero-order chi connectivity index (χ0) is 10.3. The normalized spacial score (nSPS) is 28.7. The summed E-state index contributed by atoms with van der Waals surface area (Å²) in [5.74, 6) is 0.910. The second-order valence-corrected chi connectivity index (χ2v) is 4.31. The van der Waals surface area contributed by atoms with E-state index < -0.39 is 0 Å². The highest BCUT2D eigenvalue weighted by atomic mass is 16.2. The van der Waals surface area contributed by atoms with E-state index in [9.17, 15) is 4.79 Å². The first-order valence-electron chi connectivity index (χ1n) is 5.35. The molecule has 6 nitrogen and oxygen atoms in total. The third kappa shape index (κ3) is 1.40. The Morgan fingerprint density at radius 3 is 3.13 bits per heavy atom. The molecule has 80 valence electrons. The highest BCUT2D eigenvalue weighted by Gasteiger charge is 2.44. The van der Waals surface area contributed by atoms with Crippen LogP contribution in [0.3, 0.4) is 0 Å². The van der Waals surface area contributed by atoms with Gasteiger partial charge < -0.3 is 4.90 Å². The standard InChI is InChI=1S/C9H13N5O/c15-9(5-13-6-10-11-12-13)14-4-7-2-1-3-8(7)14/h6-8H,1-5H2. The van der Waals surface area contributed by atoms with Gasteiger partial charge in [0.25, 0.3) is 0 Å². The van der Waals surface area contributed by atoms with Crippen LogP contribution in [-0.4, -0.2) is 43.6 Å². The fraction of sp³-hybridized carbons (Fsp3) is 0.778. The number of fused-ring (bicyclic) bond motifs is 1. The monoisotopic (exact) mass is 207 g/mol. The van der Waals surface area contributed by atoms with E-state index in [1.54, 1.807) is 0 Å². The minimum Gasteiger partial charge on any atom is -0.337 e. The van der Waals surface area contributed by atoms with Crippen molar-refractivity contribution in [1.82, 2.24) is 25.1 Å². The second kappa shape index (κ2) is 3.29. The molecule has 6 heteroatoms. The molecule has 2 atom stereocenters. The van der Waals surface area contributed by atoms with Gasteiger partial charge in [0.05, 0.1) is 0 Å². The molecule has 0 spiro atoms. The Hall–Kier alpha value is -1.46. The molecule has 1 aromatic rings. The van der Waals surface area contributed by atoms with Gasteiger partial charge >= 0.3 is 0 Å². The van der Waals surface area contributed by atoms with E-state index in [0.29, 0.717) is 6.04 Å². The maximum Gasteiger partial charge on any atom is 0.244 e. The number of aromatic nitrogens is 4. The molecule has 0 bridgehead atoms. The van der Waals surface area contributed by atoms with Crippen molar-refractivity contribution in [3.8, 4) is 0 Å². The summed E-state index contributed by atoms with van der Waals surface area (Å²) in [6.07, 6.45) is 5.21. The largest absolute Gasteiger partial charge is 0.337 e. The molecule has 0 N–H and O–H groups in total. The lowest BCUT2D eigenvalue weighted by atomic mass is 9.92. The molecular weight excluding hydrogens is 194 g/mol. The second-order valence-electron chi connectivity index (χ2n) is 4.31. The Morgan fingerprint density at radius 1 is 1.47 bits per heavy atom. The average Bonchev–Trinajstić information content (AvgIpc) is 2.77. The number of likely N-dealkylation sites (tertiary alicyclic amines) is 1. The minimum absolute atomic E-state index is 0.144. The lowest BCUT2D eigenvalue weighted by Crippen LogP contribution is -2.56. The van der Waals surface area contributed by atoms with E-state index in [-0.39, 0.29) is 12.5 Å². The van der Waals surface area contributed by atoms with E-state index in [4.69, 9.17) is 0 Å². The molecule has 1 aliphatic carbocycles. The number of carbonyl (C=O) groups excluding carboxylic acids is 1. The Morgan fingerprint density at radius 2 is 2.40 bits per heavy atom. The van der Waals surface area contributed by atoms with Crippen LogP contribution < -0.4 is 0 Å². The molecular formula is C9H13N5O. The van der Waals surface area contributed by atoms with Gasteiger partial charge in [-0.25, -0.2) is 4.68 Å². The Balaban J connectivity index is 1.62. The average molecular weight is 207 g/mol. The van der Waals surface area contributed by atoms with Crippen LogP contribution in [0.1, 0.15) is 19.3 Å². The summed E-state index contributed by atoms with van der Waals surface area (Å²) in [4.78, 5) is 13.8. The number of tetrazole rings is 1. The molecule has 1 aromatic heterocycles. The van der Waals surface area contributed by atoms with Gasteiger partial charge in [-0.2, -0.15) is 0 Å².